The Balaban J connectivity index is 1.99. The number of anilines is 1. The molecule has 1 aliphatic heterocycles. The number of nitrogens with zero attached hydrogens (tertiary/aromatic N) is 3. The summed E-state index contributed by atoms with van der Waals surface area (Å²) in [4.78, 5) is 34.5. The predicted molar refractivity (Wildman–Crippen MR) is 107 cm³/mol. The summed E-state index contributed by atoms with van der Waals surface area (Å²) in [5.41, 5.74) is 5.11. The fourth-order valence-corrected chi connectivity index (χ4v) is 3.25. The summed E-state index contributed by atoms with van der Waals surface area (Å²) in [5.74, 6) is -0.0843. The molecule has 0 spiro atoms. The third-order valence-electron chi connectivity index (χ3n) is 4.84. The summed E-state index contributed by atoms with van der Waals surface area (Å²) in [6.45, 7) is 4.08. The van der Waals surface area contributed by atoms with Crippen LogP contribution >= 0.6 is 0 Å². The van der Waals surface area contributed by atoms with E-state index in [-0.39, 0.29) is 30.3 Å². The zero-order valence-electron chi connectivity index (χ0n) is 15.6. The Hall–Kier alpha value is -3.54. The number of rotatable bonds is 2. The molecule has 2 heterocycles. The van der Waals surface area contributed by atoms with Crippen molar-refractivity contribution in [2.75, 3.05) is 11.4 Å². The molecule has 1 aliphatic rings. The van der Waals surface area contributed by atoms with E-state index in [0.29, 0.717) is 11.4 Å². The number of ketones is 1. The molecular weight excluding hydrogens is 354 g/mol. The van der Waals surface area contributed by atoms with Gasteiger partial charge in [0.15, 0.2) is 11.6 Å². The van der Waals surface area contributed by atoms with Crippen LogP contribution in [0.2, 0.25) is 0 Å². The van der Waals surface area contributed by atoms with E-state index < -0.39 is 6.09 Å². The highest BCUT2D eigenvalue weighted by Gasteiger charge is 2.32. The number of carbonyl (C=O) groups excluding carboxylic acids is 1. The van der Waals surface area contributed by atoms with Crippen LogP contribution in [0.15, 0.2) is 48.5 Å². The standard InChI is InChI=1S/C22H19N3O3/c1-13-3-7-15(8-4-13)18-19(16-9-5-14(2)6-10-16)24-21-20(23-18)17(26)11-12-25(21)22(27)28/h3-10H,11-12H2,1-2H3,(H,27,28). The van der Waals surface area contributed by atoms with E-state index in [1.165, 1.54) is 0 Å². The number of amides is 1. The first-order valence-corrected chi connectivity index (χ1v) is 9.04. The van der Waals surface area contributed by atoms with E-state index in [0.717, 1.165) is 27.2 Å². The van der Waals surface area contributed by atoms with Crippen LogP contribution in [0.4, 0.5) is 10.6 Å². The van der Waals surface area contributed by atoms with Gasteiger partial charge in [-0.2, -0.15) is 0 Å². The predicted octanol–water partition coefficient (Wildman–Crippen LogP) is 4.50. The maximum atomic E-state index is 12.5. The molecule has 6 heteroatoms. The van der Waals surface area contributed by atoms with Crippen molar-refractivity contribution in [3.8, 4) is 22.5 Å². The first-order valence-electron chi connectivity index (χ1n) is 9.04. The molecule has 4 rings (SSSR count). The quantitative estimate of drug-likeness (QED) is 0.715. The molecule has 28 heavy (non-hydrogen) atoms. The van der Waals surface area contributed by atoms with Crippen LogP contribution in [-0.4, -0.2) is 33.5 Å². The highest BCUT2D eigenvalue weighted by molar-refractivity contribution is 6.05. The monoisotopic (exact) mass is 373 g/mol. The van der Waals surface area contributed by atoms with Gasteiger partial charge in [0.2, 0.25) is 0 Å². The Labute approximate surface area is 162 Å². The minimum absolute atomic E-state index is 0.0903. The summed E-state index contributed by atoms with van der Waals surface area (Å²) < 4.78 is 0. The Kier molecular flexibility index (Phi) is 4.39. The number of Topliss-reactive ketones (excluding diaryl/α,β-unsaturated/α-hetero) is 1. The molecule has 2 aromatic carbocycles. The van der Waals surface area contributed by atoms with E-state index in [4.69, 9.17) is 0 Å². The molecule has 0 radical (unpaired) electrons. The van der Waals surface area contributed by atoms with Gasteiger partial charge in [-0.05, 0) is 13.8 Å². The maximum absolute atomic E-state index is 12.5. The molecule has 0 fully saturated rings. The SMILES string of the molecule is Cc1ccc(-c2nc3c(nc2-c2ccc(C)cc2)N(C(=O)O)CCC3=O)cc1. The van der Waals surface area contributed by atoms with Gasteiger partial charge in [0, 0.05) is 24.1 Å². The Morgan fingerprint density at radius 2 is 1.36 bits per heavy atom. The number of hydrogen-bond acceptors (Lipinski definition) is 4. The Bertz CT molecular complexity index is 1070. The summed E-state index contributed by atoms with van der Waals surface area (Å²) in [5, 5.41) is 9.53. The van der Waals surface area contributed by atoms with Gasteiger partial charge in [-0.15, -0.1) is 0 Å². The second kappa shape index (κ2) is 6.88. The highest BCUT2D eigenvalue weighted by atomic mass is 16.4. The lowest BCUT2D eigenvalue weighted by Gasteiger charge is -2.25. The molecule has 3 aromatic rings. The fourth-order valence-electron chi connectivity index (χ4n) is 3.25. The van der Waals surface area contributed by atoms with Crippen LogP contribution in [-0.2, 0) is 0 Å². The van der Waals surface area contributed by atoms with Crippen molar-refractivity contribution in [2.45, 2.75) is 20.3 Å². The van der Waals surface area contributed by atoms with Crippen molar-refractivity contribution in [1.82, 2.24) is 9.97 Å². The topological polar surface area (TPSA) is 83.4 Å². The van der Waals surface area contributed by atoms with Crippen molar-refractivity contribution >= 4 is 17.7 Å². The molecular formula is C22H19N3O3. The zero-order valence-corrected chi connectivity index (χ0v) is 15.6. The molecule has 6 nitrogen and oxygen atoms in total. The van der Waals surface area contributed by atoms with Gasteiger partial charge in [-0.25, -0.2) is 14.8 Å². The summed E-state index contributed by atoms with van der Waals surface area (Å²) in [7, 11) is 0. The zero-order chi connectivity index (χ0) is 19.8. The fraction of sp³-hybridized carbons (Fsp3) is 0.182. The number of aryl methyl sites for hydroxylation is 2. The van der Waals surface area contributed by atoms with E-state index in [9.17, 15) is 14.7 Å². The lowest BCUT2D eigenvalue weighted by atomic mass is 10.0. The number of hydrogen-bond donors (Lipinski definition) is 1. The average Bonchev–Trinajstić information content (AvgIpc) is 2.68. The number of benzene rings is 2. The van der Waals surface area contributed by atoms with E-state index in [1.807, 2.05) is 62.4 Å². The molecule has 1 aromatic heterocycles. The molecule has 0 atom stereocenters. The van der Waals surface area contributed by atoms with Crippen LogP contribution in [0, 0.1) is 13.8 Å². The van der Waals surface area contributed by atoms with Gasteiger partial charge in [0.25, 0.3) is 0 Å². The Morgan fingerprint density at radius 3 is 1.86 bits per heavy atom. The molecule has 1 N–H and O–H groups in total. The van der Waals surface area contributed by atoms with Crippen molar-refractivity contribution < 1.29 is 14.7 Å². The lowest BCUT2D eigenvalue weighted by Crippen LogP contribution is -2.37. The molecule has 0 saturated carbocycles. The van der Waals surface area contributed by atoms with Crippen LogP contribution in [0.25, 0.3) is 22.5 Å². The lowest BCUT2D eigenvalue weighted by molar-refractivity contribution is 0.0974. The molecule has 0 saturated heterocycles. The van der Waals surface area contributed by atoms with E-state index in [1.54, 1.807) is 0 Å². The van der Waals surface area contributed by atoms with Crippen LogP contribution < -0.4 is 4.90 Å². The second-order valence-corrected chi connectivity index (χ2v) is 6.93. The average molecular weight is 373 g/mol. The normalized spacial score (nSPS) is 13.4. The van der Waals surface area contributed by atoms with Crippen LogP contribution in [0.1, 0.15) is 28.0 Å². The van der Waals surface area contributed by atoms with Gasteiger partial charge in [-0.1, -0.05) is 59.7 Å². The van der Waals surface area contributed by atoms with Gasteiger partial charge >= 0.3 is 6.09 Å². The number of carbonyl (C=O) groups is 2. The van der Waals surface area contributed by atoms with Gasteiger partial charge in [-0.3, -0.25) is 9.69 Å². The molecule has 1 amide bonds. The first kappa shape index (κ1) is 17.9. The molecule has 0 aliphatic carbocycles. The Morgan fingerprint density at radius 1 is 0.857 bits per heavy atom. The van der Waals surface area contributed by atoms with E-state index >= 15 is 0 Å². The summed E-state index contributed by atoms with van der Waals surface area (Å²) in [6, 6.07) is 15.6. The third kappa shape index (κ3) is 3.13. The molecule has 0 bridgehead atoms. The minimum Gasteiger partial charge on any atom is -0.465 e. The van der Waals surface area contributed by atoms with Crippen molar-refractivity contribution in [3.05, 3.63) is 65.4 Å². The first-order chi connectivity index (χ1) is 13.4. The summed E-state index contributed by atoms with van der Waals surface area (Å²) in [6.07, 6.45) is -1.04. The molecule has 140 valence electrons. The number of carboxylic acid groups (broad SMARTS) is 1. The van der Waals surface area contributed by atoms with Crippen molar-refractivity contribution in [3.63, 3.8) is 0 Å². The van der Waals surface area contributed by atoms with Crippen molar-refractivity contribution in [2.24, 2.45) is 0 Å². The smallest absolute Gasteiger partial charge is 0.413 e. The van der Waals surface area contributed by atoms with Gasteiger partial charge in [0.1, 0.15) is 5.69 Å². The van der Waals surface area contributed by atoms with Gasteiger partial charge < -0.3 is 5.11 Å². The number of fused-ring (bicyclic) bond motifs is 1. The highest BCUT2D eigenvalue weighted by Crippen LogP contribution is 2.34. The number of aromatic nitrogens is 2. The minimum atomic E-state index is -1.14. The van der Waals surface area contributed by atoms with E-state index in [2.05, 4.69) is 9.97 Å². The molecule has 0 unspecified atom stereocenters. The summed E-state index contributed by atoms with van der Waals surface area (Å²) >= 11 is 0. The van der Waals surface area contributed by atoms with Gasteiger partial charge in [0.05, 0.1) is 11.4 Å². The van der Waals surface area contributed by atoms with Crippen molar-refractivity contribution in [1.29, 1.82) is 0 Å². The maximum Gasteiger partial charge on any atom is 0.413 e. The van der Waals surface area contributed by atoms with Crippen LogP contribution in [0.5, 0.6) is 0 Å². The third-order valence-corrected chi connectivity index (χ3v) is 4.84. The largest absolute Gasteiger partial charge is 0.465 e. The van der Waals surface area contributed by atoms with Crippen LogP contribution in [0.3, 0.4) is 0 Å². The second-order valence-electron chi connectivity index (χ2n) is 6.93.